The number of benzene rings is 12. The molecule has 0 saturated carbocycles. The lowest BCUT2D eigenvalue weighted by Gasteiger charge is -2.32. The van der Waals surface area contributed by atoms with Gasteiger partial charge in [0.25, 0.3) is 0 Å². The molecule has 12 aromatic rings. The summed E-state index contributed by atoms with van der Waals surface area (Å²) in [5.41, 5.74) is 14.9. The van der Waals surface area contributed by atoms with E-state index in [1.807, 2.05) is 12.1 Å². The average Bonchev–Trinajstić information content (AvgIpc) is 3.85. The van der Waals surface area contributed by atoms with Crippen LogP contribution < -0.4 is 9.80 Å². The quantitative estimate of drug-likeness (QED) is 0.154. The van der Waals surface area contributed by atoms with Crippen molar-refractivity contribution in [2.24, 2.45) is 0 Å². The van der Waals surface area contributed by atoms with Gasteiger partial charge in [-0.3, -0.25) is 0 Å². The normalized spacial score (nSPS) is 13.0. The lowest BCUT2D eigenvalue weighted by atomic mass is 9.70. The molecule has 3 heteroatoms. The standard InChI is InChI=1S/C63H39FN2/c64-55-26-12-13-27-58(55)66(59-28-14-25-54-62(59)48-21-8-11-24-53(48)63(54)51-22-9-6-19-46(51)47-20-7-10-23-52(47)63)57-38-33-42-30-35-49-56(37-32-41-31-36-50(57)61(42)60(41)49)65(44-17-2-1-3-18-44)45-34-29-40-15-4-5-16-43(40)39-45/h1-39H. The number of rotatable bonds is 6. The second kappa shape index (κ2) is 14.0. The first-order chi connectivity index (χ1) is 32.7. The van der Waals surface area contributed by atoms with E-state index in [1.54, 1.807) is 12.1 Å². The lowest BCUT2D eigenvalue weighted by Crippen LogP contribution is -2.26. The Kier molecular flexibility index (Phi) is 7.82. The zero-order valence-electron chi connectivity index (χ0n) is 35.8. The van der Waals surface area contributed by atoms with E-state index in [0.29, 0.717) is 5.69 Å². The molecule has 0 radical (unpaired) electrons. The van der Waals surface area contributed by atoms with Crippen molar-refractivity contribution >= 4 is 77.2 Å². The molecular weight excluding hydrogens is 804 g/mol. The maximum Gasteiger partial charge on any atom is 0.147 e. The highest BCUT2D eigenvalue weighted by Gasteiger charge is 2.52. The SMILES string of the molecule is Fc1ccccc1N(c1cccc2c1-c1ccccc1C21c2ccccc2-c2ccccc21)c1ccc2ccc3c(N(c4ccccc4)c4ccc5ccccc5c4)ccc4ccc1c2c43. The molecule has 14 rings (SSSR count). The van der Waals surface area contributed by atoms with Crippen LogP contribution >= 0.6 is 0 Å². The summed E-state index contributed by atoms with van der Waals surface area (Å²) in [5, 5.41) is 9.22. The van der Waals surface area contributed by atoms with Crippen LogP contribution in [-0.4, -0.2) is 0 Å². The van der Waals surface area contributed by atoms with Crippen LogP contribution in [0.25, 0.3) is 65.3 Å². The van der Waals surface area contributed by atoms with Gasteiger partial charge >= 0.3 is 0 Å². The minimum atomic E-state index is -0.537. The largest absolute Gasteiger partial charge is 0.310 e. The zero-order valence-corrected chi connectivity index (χ0v) is 35.8. The second-order valence-electron chi connectivity index (χ2n) is 17.7. The maximum absolute atomic E-state index is 16.9. The molecule has 0 saturated heterocycles. The van der Waals surface area contributed by atoms with Gasteiger partial charge in [-0.15, -0.1) is 0 Å². The predicted molar refractivity (Wildman–Crippen MR) is 273 cm³/mol. The highest BCUT2D eigenvalue weighted by atomic mass is 19.1. The molecule has 2 aliphatic carbocycles. The number of anilines is 6. The molecule has 0 heterocycles. The molecule has 0 atom stereocenters. The summed E-state index contributed by atoms with van der Waals surface area (Å²) < 4.78 is 16.9. The molecule has 66 heavy (non-hydrogen) atoms. The summed E-state index contributed by atoms with van der Waals surface area (Å²) in [6.07, 6.45) is 0. The first-order valence-corrected chi connectivity index (χ1v) is 22.7. The van der Waals surface area contributed by atoms with Crippen molar-refractivity contribution in [1.82, 2.24) is 0 Å². The van der Waals surface area contributed by atoms with Crippen LogP contribution in [-0.2, 0) is 5.41 Å². The fourth-order valence-electron chi connectivity index (χ4n) is 11.8. The predicted octanol–water partition coefficient (Wildman–Crippen LogP) is 17.2. The highest BCUT2D eigenvalue weighted by Crippen LogP contribution is 2.65. The van der Waals surface area contributed by atoms with E-state index < -0.39 is 5.41 Å². The van der Waals surface area contributed by atoms with Crippen molar-refractivity contribution in [3.8, 4) is 22.3 Å². The molecule has 0 fully saturated rings. The summed E-state index contributed by atoms with van der Waals surface area (Å²) in [6.45, 7) is 0. The van der Waals surface area contributed by atoms with E-state index in [0.717, 1.165) is 66.5 Å². The van der Waals surface area contributed by atoms with E-state index in [2.05, 4.69) is 222 Å². The van der Waals surface area contributed by atoms with Gasteiger partial charge in [0.05, 0.1) is 28.2 Å². The Morgan fingerprint density at radius 1 is 0.303 bits per heavy atom. The van der Waals surface area contributed by atoms with E-state index >= 15 is 4.39 Å². The number of fused-ring (bicyclic) bond motifs is 11. The van der Waals surface area contributed by atoms with Gasteiger partial charge in [-0.25, -0.2) is 4.39 Å². The molecule has 0 unspecified atom stereocenters. The van der Waals surface area contributed by atoms with Gasteiger partial charge in [0.1, 0.15) is 5.82 Å². The van der Waals surface area contributed by atoms with Crippen molar-refractivity contribution in [3.05, 3.63) is 265 Å². The Labute approximate surface area is 382 Å². The van der Waals surface area contributed by atoms with Crippen molar-refractivity contribution < 1.29 is 4.39 Å². The van der Waals surface area contributed by atoms with Crippen LogP contribution in [0.15, 0.2) is 237 Å². The Bertz CT molecular complexity index is 3880. The fourth-order valence-corrected chi connectivity index (χ4v) is 11.8. The number of nitrogens with zero attached hydrogens (tertiary/aromatic N) is 2. The van der Waals surface area contributed by atoms with Crippen LogP contribution in [0.3, 0.4) is 0 Å². The van der Waals surface area contributed by atoms with Gasteiger partial charge in [-0.1, -0.05) is 182 Å². The molecule has 0 bridgehead atoms. The van der Waals surface area contributed by atoms with Gasteiger partial charge in [0.2, 0.25) is 0 Å². The minimum absolute atomic E-state index is 0.283. The molecule has 308 valence electrons. The van der Waals surface area contributed by atoms with E-state index in [-0.39, 0.29) is 5.82 Å². The summed E-state index contributed by atoms with van der Waals surface area (Å²) in [7, 11) is 0. The number of hydrogen-bond donors (Lipinski definition) is 0. The summed E-state index contributed by atoms with van der Waals surface area (Å²) in [6, 6.07) is 84.4. The molecular formula is C63H39FN2. The highest BCUT2D eigenvalue weighted by molar-refractivity contribution is 6.28. The van der Waals surface area contributed by atoms with Crippen LogP contribution in [0.1, 0.15) is 22.3 Å². The minimum Gasteiger partial charge on any atom is -0.310 e. The first-order valence-electron chi connectivity index (χ1n) is 22.7. The van der Waals surface area contributed by atoms with Crippen LogP contribution in [0.5, 0.6) is 0 Å². The molecule has 12 aromatic carbocycles. The molecule has 0 aliphatic heterocycles. The summed E-state index contributed by atoms with van der Waals surface area (Å²) in [4.78, 5) is 4.57. The smallest absolute Gasteiger partial charge is 0.147 e. The Morgan fingerprint density at radius 3 is 1.48 bits per heavy atom. The Hall–Kier alpha value is -8.53. The van der Waals surface area contributed by atoms with Gasteiger partial charge in [0, 0.05) is 27.7 Å². The molecule has 0 amide bonds. The van der Waals surface area contributed by atoms with Crippen molar-refractivity contribution in [2.75, 3.05) is 9.80 Å². The first kappa shape index (κ1) is 36.9. The average molecular weight is 843 g/mol. The van der Waals surface area contributed by atoms with E-state index in [4.69, 9.17) is 0 Å². The molecule has 2 nitrogen and oxygen atoms in total. The second-order valence-corrected chi connectivity index (χ2v) is 17.7. The van der Waals surface area contributed by atoms with Crippen LogP contribution in [0.2, 0.25) is 0 Å². The van der Waals surface area contributed by atoms with E-state index in [1.165, 1.54) is 49.5 Å². The number of halogens is 1. The van der Waals surface area contributed by atoms with Crippen LogP contribution in [0, 0.1) is 5.82 Å². The maximum atomic E-state index is 16.9. The summed E-state index contributed by atoms with van der Waals surface area (Å²) in [5.74, 6) is -0.283. The number of hydrogen-bond acceptors (Lipinski definition) is 2. The zero-order chi connectivity index (χ0) is 43.5. The molecule has 2 aliphatic rings. The van der Waals surface area contributed by atoms with Gasteiger partial charge in [-0.2, -0.15) is 0 Å². The van der Waals surface area contributed by atoms with Crippen molar-refractivity contribution in [1.29, 1.82) is 0 Å². The van der Waals surface area contributed by atoms with Gasteiger partial charge in [0.15, 0.2) is 0 Å². The topological polar surface area (TPSA) is 6.48 Å². The Balaban J connectivity index is 1.04. The van der Waals surface area contributed by atoms with Gasteiger partial charge < -0.3 is 9.80 Å². The van der Waals surface area contributed by atoms with Crippen LogP contribution in [0.4, 0.5) is 38.5 Å². The summed E-state index contributed by atoms with van der Waals surface area (Å²) >= 11 is 0. The van der Waals surface area contributed by atoms with Gasteiger partial charge in [-0.05, 0) is 126 Å². The Morgan fingerprint density at radius 2 is 0.803 bits per heavy atom. The third kappa shape index (κ3) is 5.00. The molecule has 1 spiro atoms. The monoisotopic (exact) mass is 842 g/mol. The third-order valence-electron chi connectivity index (χ3n) is 14.4. The third-order valence-corrected chi connectivity index (χ3v) is 14.4. The number of para-hydroxylation sites is 2. The van der Waals surface area contributed by atoms with Crippen molar-refractivity contribution in [2.45, 2.75) is 5.41 Å². The lowest BCUT2D eigenvalue weighted by molar-refractivity contribution is 0.629. The molecule has 0 N–H and O–H groups in total. The molecule has 0 aromatic heterocycles. The fraction of sp³-hybridized carbons (Fsp3) is 0.0159. The van der Waals surface area contributed by atoms with Crippen molar-refractivity contribution in [3.63, 3.8) is 0 Å². The van der Waals surface area contributed by atoms with E-state index in [9.17, 15) is 0 Å².